The van der Waals surface area contributed by atoms with E-state index in [2.05, 4.69) is 10.5 Å². The van der Waals surface area contributed by atoms with E-state index in [9.17, 15) is 18.0 Å². The van der Waals surface area contributed by atoms with Gasteiger partial charge in [0.2, 0.25) is 0 Å². The number of sulfonamides is 1. The highest BCUT2D eigenvalue weighted by atomic mass is 35.5. The van der Waals surface area contributed by atoms with Crippen molar-refractivity contribution in [2.45, 2.75) is 4.90 Å². The smallest absolute Gasteiger partial charge is 0.335 e. The number of hydrogen-bond acceptors (Lipinski definition) is 6. The molecule has 0 aliphatic heterocycles. The molecule has 0 fully saturated rings. The molecule has 2 N–H and O–H groups in total. The molecule has 0 saturated carbocycles. The van der Waals surface area contributed by atoms with Crippen LogP contribution in [-0.4, -0.2) is 45.3 Å². The van der Waals surface area contributed by atoms with E-state index < -0.39 is 28.4 Å². The summed E-state index contributed by atoms with van der Waals surface area (Å²) in [6.07, 6.45) is 1.31. The van der Waals surface area contributed by atoms with Crippen LogP contribution in [0.1, 0.15) is 15.9 Å². The van der Waals surface area contributed by atoms with Crippen molar-refractivity contribution in [3.63, 3.8) is 0 Å². The number of nitrogens with one attached hydrogen (secondary N) is 1. The molecule has 3 aromatic carbocycles. The number of carbonyl (C=O) groups excluding carboxylic acids is 1. The first-order chi connectivity index (χ1) is 16.2. The molecule has 0 heterocycles. The van der Waals surface area contributed by atoms with Crippen LogP contribution in [0.15, 0.2) is 82.8 Å². The lowest BCUT2D eigenvalue weighted by Gasteiger charge is -2.24. The van der Waals surface area contributed by atoms with Crippen molar-refractivity contribution in [2.75, 3.05) is 18.0 Å². The fourth-order valence-corrected chi connectivity index (χ4v) is 4.59. The number of hydrogen-bond donors (Lipinski definition) is 2. The molecule has 3 aromatic rings. The van der Waals surface area contributed by atoms with Crippen molar-refractivity contribution in [1.82, 2.24) is 5.43 Å². The third kappa shape index (κ3) is 5.91. The Kier molecular flexibility index (Phi) is 7.87. The number of carbonyl (C=O) groups is 2. The number of anilines is 1. The summed E-state index contributed by atoms with van der Waals surface area (Å²) in [6.45, 7) is -0.574. The van der Waals surface area contributed by atoms with Crippen LogP contribution in [0.25, 0.3) is 0 Å². The van der Waals surface area contributed by atoms with Gasteiger partial charge in [-0.3, -0.25) is 9.10 Å². The maximum Gasteiger partial charge on any atom is 0.335 e. The largest absolute Gasteiger partial charge is 0.495 e. The van der Waals surface area contributed by atoms with E-state index >= 15 is 0 Å². The first-order valence-electron chi connectivity index (χ1n) is 9.79. The molecule has 0 bridgehead atoms. The molecule has 9 nitrogen and oxygen atoms in total. The Labute approximate surface area is 201 Å². The summed E-state index contributed by atoms with van der Waals surface area (Å²) in [5.41, 5.74) is 3.10. The summed E-state index contributed by atoms with van der Waals surface area (Å²) in [4.78, 5) is 23.5. The minimum atomic E-state index is -4.11. The van der Waals surface area contributed by atoms with E-state index in [1.54, 1.807) is 18.2 Å². The quantitative estimate of drug-likeness (QED) is 0.342. The number of carboxylic acids is 1. The molecule has 34 heavy (non-hydrogen) atoms. The van der Waals surface area contributed by atoms with Crippen molar-refractivity contribution >= 4 is 45.4 Å². The van der Waals surface area contributed by atoms with Crippen LogP contribution in [-0.2, 0) is 14.8 Å². The highest BCUT2D eigenvalue weighted by molar-refractivity contribution is 7.92. The molecule has 1 amide bonds. The molecule has 0 unspecified atom stereocenters. The molecule has 0 aromatic heterocycles. The topological polar surface area (TPSA) is 125 Å². The van der Waals surface area contributed by atoms with Crippen LogP contribution in [0.2, 0.25) is 5.02 Å². The molecule has 0 saturated heterocycles. The normalized spacial score (nSPS) is 11.2. The molecule has 176 valence electrons. The Hall–Kier alpha value is -3.89. The van der Waals surface area contributed by atoms with Crippen LogP contribution in [0, 0.1) is 0 Å². The number of benzene rings is 3. The van der Waals surface area contributed by atoms with E-state index in [1.165, 1.54) is 67.9 Å². The molecular formula is C23H20ClN3O6S. The van der Waals surface area contributed by atoms with Crippen LogP contribution >= 0.6 is 11.6 Å². The Morgan fingerprint density at radius 2 is 1.76 bits per heavy atom. The van der Waals surface area contributed by atoms with Crippen molar-refractivity contribution in [3.8, 4) is 5.75 Å². The predicted octanol–water partition coefficient (Wildman–Crippen LogP) is 3.39. The van der Waals surface area contributed by atoms with E-state index in [4.69, 9.17) is 21.4 Å². The third-order valence-corrected chi connectivity index (χ3v) is 6.69. The van der Waals surface area contributed by atoms with E-state index in [1.807, 2.05) is 0 Å². The van der Waals surface area contributed by atoms with Gasteiger partial charge in [-0.2, -0.15) is 5.10 Å². The van der Waals surface area contributed by atoms with Gasteiger partial charge in [0.1, 0.15) is 12.3 Å². The summed E-state index contributed by atoms with van der Waals surface area (Å²) in [5.74, 6) is -1.41. The van der Waals surface area contributed by atoms with Gasteiger partial charge in [0.25, 0.3) is 15.9 Å². The van der Waals surface area contributed by atoms with Gasteiger partial charge in [0.05, 0.1) is 34.5 Å². The Morgan fingerprint density at radius 1 is 1.09 bits per heavy atom. The molecule has 3 rings (SSSR count). The van der Waals surface area contributed by atoms with Gasteiger partial charge in [-0.15, -0.1) is 0 Å². The van der Waals surface area contributed by atoms with Crippen LogP contribution in [0.4, 0.5) is 5.69 Å². The van der Waals surface area contributed by atoms with Gasteiger partial charge in [-0.05, 0) is 48.0 Å². The Bertz CT molecular complexity index is 1310. The van der Waals surface area contributed by atoms with E-state index in [-0.39, 0.29) is 21.2 Å². The molecule has 0 spiro atoms. The predicted molar refractivity (Wildman–Crippen MR) is 128 cm³/mol. The zero-order chi connectivity index (χ0) is 24.7. The average molecular weight is 502 g/mol. The fraction of sp³-hybridized carbons (Fsp3) is 0.0870. The first-order valence-corrected chi connectivity index (χ1v) is 11.6. The van der Waals surface area contributed by atoms with Gasteiger partial charge in [-0.25, -0.2) is 18.6 Å². The van der Waals surface area contributed by atoms with Gasteiger partial charge in [0, 0.05) is 0 Å². The molecule has 0 aliphatic rings. The van der Waals surface area contributed by atoms with E-state index in [0.29, 0.717) is 11.3 Å². The molecule has 0 aliphatic carbocycles. The highest BCUT2D eigenvalue weighted by Gasteiger charge is 2.27. The maximum absolute atomic E-state index is 13.3. The van der Waals surface area contributed by atoms with Crippen LogP contribution in [0.5, 0.6) is 5.75 Å². The number of amides is 1. The van der Waals surface area contributed by atoms with Crippen molar-refractivity contribution in [1.29, 1.82) is 0 Å². The lowest BCUT2D eigenvalue weighted by atomic mass is 10.1. The zero-order valence-corrected chi connectivity index (χ0v) is 19.5. The zero-order valence-electron chi connectivity index (χ0n) is 17.9. The first kappa shape index (κ1) is 24.7. The number of rotatable bonds is 9. The van der Waals surface area contributed by atoms with Gasteiger partial charge < -0.3 is 9.84 Å². The van der Waals surface area contributed by atoms with E-state index in [0.717, 1.165) is 4.31 Å². The Morgan fingerprint density at radius 3 is 2.35 bits per heavy atom. The number of nitrogens with zero attached hydrogens (tertiary/aromatic N) is 2. The average Bonchev–Trinajstić information content (AvgIpc) is 2.83. The summed E-state index contributed by atoms with van der Waals surface area (Å²) in [5, 5.41) is 12.9. The number of hydrazone groups is 1. The second-order valence-corrected chi connectivity index (χ2v) is 9.13. The number of carboxylic acid groups (broad SMARTS) is 1. The summed E-state index contributed by atoms with van der Waals surface area (Å²) < 4.78 is 32.6. The second-order valence-electron chi connectivity index (χ2n) is 6.86. The SMILES string of the molecule is COc1ccc(N(CC(=O)N/N=C\c2ccc(C(=O)O)cc2)S(=O)(=O)c2ccccc2)cc1Cl. The van der Waals surface area contributed by atoms with Gasteiger partial charge in [-0.1, -0.05) is 41.9 Å². The second kappa shape index (κ2) is 10.8. The minimum absolute atomic E-state index is 0.00300. The Balaban J connectivity index is 1.83. The monoisotopic (exact) mass is 501 g/mol. The fourth-order valence-electron chi connectivity index (χ4n) is 2.90. The summed E-state index contributed by atoms with van der Waals surface area (Å²) in [7, 11) is -2.68. The summed E-state index contributed by atoms with van der Waals surface area (Å²) >= 11 is 6.18. The van der Waals surface area contributed by atoms with Crippen LogP contribution < -0.4 is 14.5 Å². The maximum atomic E-state index is 13.3. The van der Waals surface area contributed by atoms with Gasteiger partial charge >= 0.3 is 5.97 Å². The molecule has 11 heteroatoms. The van der Waals surface area contributed by atoms with Crippen LogP contribution in [0.3, 0.4) is 0 Å². The standard InChI is InChI=1S/C23H20ClN3O6S/c1-33-21-12-11-18(13-20(21)24)27(34(31,32)19-5-3-2-4-6-19)15-22(28)26-25-14-16-7-9-17(10-8-16)23(29)30/h2-14H,15H2,1H3,(H,26,28)(H,29,30)/b25-14-. The number of halogens is 1. The molecule has 0 atom stereocenters. The summed E-state index contributed by atoms with van der Waals surface area (Å²) in [6, 6.07) is 17.9. The number of aromatic carboxylic acids is 1. The molecule has 0 radical (unpaired) electrons. The number of methoxy groups -OCH3 is 1. The van der Waals surface area contributed by atoms with Gasteiger partial charge in [0.15, 0.2) is 0 Å². The lowest BCUT2D eigenvalue weighted by Crippen LogP contribution is -2.39. The minimum Gasteiger partial charge on any atom is -0.495 e. The number of ether oxygens (including phenoxy) is 1. The third-order valence-electron chi connectivity index (χ3n) is 4.60. The lowest BCUT2D eigenvalue weighted by molar-refractivity contribution is -0.119. The van der Waals surface area contributed by atoms with Crippen molar-refractivity contribution in [2.24, 2.45) is 5.10 Å². The van der Waals surface area contributed by atoms with Crippen molar-refractivity contribution < 1.29 is 27.9 Å². The molecular weight excluding hydrogens is 482 g/mol. The van der Waals surface area contributed by atoms with Crippen molar-refractivity contribution in [3.05, 3.63) is 88.9 Å². The highest BCUT2D eigenvalue weighted by Crippen LogP contribution is 2.31.